The molecule has 2 aromatic carbocycles. The topological polar surface area (TPSA) is 58.6 Å². The van der Waals surface area contributed by atoms with Gasteiger partial charge < -0.3 is 15.2 Å². The number of ether oxygens (including phenoxy) is 1. The molecule has 4 nitrogen and oxygen atoms in total. The van der Waals surface area contributed by atoms with Crippen LogP contribution < -0.4 is 10.1 Å². The van der Waals surface area contributed by atoms with Crippen LogP contribution >= 0.6 is 11.3 Å². The van der Waals surface area contributed by atoms with Crippen LogP contribution in [0.5, 0.6) is 5.75 Å². The fourth-order valence-corrected chi connectivity index (χ4v) is 3.81. The van der Waals surface area contributed by atoms with Gasteiger partial charge in [-0.05, 0) is 34.9 Å². The van der Waals surface area contributed by atoms with Crippen molar-refractivity contribution >= 4 is 17.3 Å². The molecule has 0 aliphatic carbocycles. The largest absolute Gasteiger partial charge is 0.488 e. The Morgan fingerprint density at radius 2 is 1.81 bits per heavy atom. The third kappa shape index (κ3) is 6.70. The molecule has 0 spiro atoms. The normalized spacial score (nSPS) is 11.7. The first-order valence-electron chi connectivity index (χ1n) is 9.40. The van der Waals surface area contributed by atoms with E-state index in [4.69, 9.17) is 9.84 Å². The maximum absolute atomic E-state index is 13.2. The van der Waals surface area contributed by atoms with Crippen molar-refractivity contribution in [3.63, 3.8) is 0 Å². The summed E-state index contributed by atoms with van der Waals surface area (Å²) in [6.07, 6.45) is -1.82. The van der Waals surface area contributed by atoms with Gasteiger partial charge in [-0.1, -0.05) is 48.5 Å². The standard InChI is InChI=1S/C23H20F3NO3S/c24-23(25,26)21-13-19(17-5-2-1-3-6-17)20(31-21)15-30-18-10-8-16(9-11-18)14-27-12-4-7-22(28)29/h1-11,13,27H,12,14-15H2,(H,28,29). The Labute approximate surface area is 181 Å². The van der Waals surface area contributed by atoms with E-state index < -0.39 is 17.0 Å². The average Bonchev–Trinajstić information content (AvgIpc) is 3.18. The van der Waals surface area contributed by atoms with Crippen molar-refractivity contribution in [3.8, 4) is 16.9 Å². The Morgan fingerprint density at radius 1 is 1.10 bits per heavy atom. The van der Waals surface area contributed by atoms with Crippen molar-refractivity contribution in [2.75, 3.05) is 6.54 Å². The zero-order valence-electron chi connectivity index (χ0n) is 16.4. The first-order valence-corrected chi connectivity index (χ1v) is 10.2. The summed E-state index contributed by atoms with van der Waals surface area (Å²) in [5.74, 6) is -0.442. The number of hydrogen-bond acceptors (Lipinski definition) is 4. The minimum atomic E-state index is -4.40. The molecule has 31 heavy (non-hydrogen) atoms. The number of hydrogen-bond donors (Lipinski definition) is 2. The van der Waals surface area contributed by atoms with E-state index in [0.717, 1.165) is 11.6 Å². The Morgan fingerprint density at radius 3 is 2.45 bits per heavy atom. The Bertz CT molecular complexity index is 1030. The molecule has 0 amide bonds. The molecule has 3 aromatic rings. The highest BCUT2D eigenvalue weighted by atomic mass is 32.1. The summed E-state index contributed by atoms with van der Waals surface area (Å²) < 4.78 is 45.4. The zero-order chi connectivity index (χ0) is 22.3. The average molecular weight is 447 g/mol. The lowest BCUT2D eigenvalue weighted by Gasteiger charge is -2.09. The molecule has 0 radical (unpaired) electrons. The van der Waals surface area contributed by atoms with Gasteiger partial charge in [-0.2, -0.15) is 13.2 Å². The second-order valence-corrected chi connectivity index (χ2v) is 7.75. The second-order valence-electron chi connectivity index (χ2n) is 6.62. The summed E-state index contributed by atoms with van der Waals surface area (Å²) in [5.41, 5.74) is 2.20. The SMILES string of the molecule is O=C(O)C=CCNCc1ccc(OCc2sc(C(F)(F)F)cc2-c2ccccc2)cc1. The predicted octanol–water partition coefficient (Wildman–Crippen LogP) is 5.74. The van der Waals surface area contributed by atoms with Crippen LogP contribution in [0, 0.1) is 0 Å². The first kappa shape index (κ1) is 22.6. The Balaban J connectivity index is 1.64. The predicted molar refractivity (Wildman–Crippen MR) is 114 cm³/mol. The summed E-state index contributed by atoms with van der Waals surface area (Å²) in [5, 5.41) is 11.6. The number of nitrogens with one attached hydrogen (secondary N) is 1. The number of carboxylic acids is 1. The Hall–Kier alpha value is -3.10. The van der Waals surface area contributed by atoms with Crippen molar-refractivity contribution < 1.29 is 27.8 Å². The van der Waals surface area contributed by atoms with Crippen LogP contribution in [0.15, 0.2) is 72.8 Å². The number of alkyl halides is 3. The lowest BCUT2D eigenvalue weighted by Crippen LogP contribution is -2.13. The zero-order valence-corrected chi connectivity index (χ0v) is 17.2. The van der Waals surface area contributed by atoms with Crippen LogP contribution in [0.3, 0.4) is 0 Å². The molecule has 0 unspecified atom stereocenters. The van der Waals surface area contributed by atoms with Crippen molar-refractivity contribution in [2.24, 2.45) is 0 Å². The summed E-state index contributed by atoms with van der Waals surface area (Å²) in [6.45, 7) is 0.998. The van der Waals surface area contributed by atoms with Gasteiger partial charge in [0.15, 0.2) is 0 Å². The fraction of sp³-hybridized carbons (Fsp3) is 0.174. The summed E-state index contributed by atoms with van der Waals surface area (Å²) >= 11 is 0.693. The van der Waals surface area contributed by atoms with E-state index in [-0.39, 0.29) is 6.61 Å². The molecule has 8 heteroatoms. The molecule has 0 saturated carbocycles. The van der Waals surface area contributed by atoms with Gasteiger partial charge in [-0.25, -0.2) is 4.79 Å². The number of thiophene rings is 1. The third-order valence-electron chi connectivity index (χ3n) is 4.32. The molecule has 0 aliphatic heterocycles. The number of carboxylic acid groups (broad SMARTS) is 1. The lowest BCUT2D eigenvalue weighted by molar-refractivity contribution is -0.134. The fourth-order valence-electron chi connectivity index (χ4n) is 2.85. The second kappa shape index (κ2) is 10.3. The molecule has 2 N–H and O–H groups in total. The number of benzene rings is 2. The van der Waals surface area contributed by atoms with Gasteiger partial charge in [0.1, 0.15) is 17.2 Å². The maximum Gasteiger partial charge on any atom is 0.425 e. The molecule has 0 saturated heterocycles. The molecule has 0 aliphatic rings. The summed E-state index contributed by atoms with van der Waals surface area (Å²) in [7, 11) is 0. The van der Waals surface area contributed by atoms with E-state index in [1.165, 1.54) is 12.1 Å². The van der Waals surface area contributed by atoms with E-state index >= 15 is 0 Å². The van der Waals surface area contributed by atoms with E-state index in [0.29, 0.717) is 46.2 Å². The van der Waals surface area contributed by atoms with Crippen LogP contribution in [-0.2, 0) is 24.1 Å². The molecule has 0 bridgehead atoms. The van der Waals surface area contributed by atoms with Gasteiger partial charge in [-0.3, -0.25) is 0 Å². The van der Waals surface area contributed by atoms with Gasteiger partial charge in [0.05, 0.1) is 4.88 Å². The molecule has 1 heterocycles. The van der Waals surface area contributed by atoms with E-state index in [1.807, 2.05) is 18.2 Å². The van der Waals surface area contributed by atoms with Gasteiger partial charge in [0.25, 0.3) is 0 Å². The number of rotatable bonds is 9. The highest BCUT2D eigenvalue weighted by molar-refractivity contribution is 7.12. The van der Waals surface area contributed by atoms with E-state index in [9.17, 15) is 18.0 Å². The third-order valence-corrected chi connectivity index (χ3v) is 5.47. The van der Waals surface area contributed by atoms with Gasteiger partial charge in [0, 0.05) is 19.2 Å². The van der Waals surface area contributed by atoms with Crippen molar-refractivity contribution in [2.45, 2.75) is 19.3 Å². The number of aliphatic carboxylic acids is 1. The molecular formula is C23H20F3NO3S. The molecular weight excluding hydrogens is 427 g/mol. The molecule has 1 aromatic heterocycles. The van der Waals surface area contributed by atoms with Gasteiger partial charge in [0.2, 0.25) is 0 Å². The smallest absolute Gasteiger partial charge is 0.425 e. The van der Waals surface area contributed by atoms with Crippen LogP contribution in [0.25, 0.3) is 11.1 Å². The van der Waals surface area contributed by atoms with Crippen molar-refractivity contribution in [3.05, 3.63) is 88.1 Å². The highest BCUT2D eigenvalue weighted by Crippen LogP contribution is 2.40. The molecule has 162 valence electrons. The maximum atomic E-state index is 13.2. The van der Waals surface area contributed by atoms with Gasteiger partial charge in [-0.15, -0.1) is 11.3 Å². The van der Waals surface area contributed by atoms with Crippen LogP contribution in [0.2, 0.25) is 0 Å². The number of halogens is 3. The number of carbonyl (C=O) groups is 1. The molecule has 3 rings (SSSR count). The lowest BCUT2D eigenvalue weighted by atomic mass is 10.1. The van der Waals surface area contributed by atoms with E-state index in [2.05, 4.69) is 5.32 Å². The summed E-state index contributed by atoms with van der Waals surface area (Å²) in [6, 6.07) is 17.3. The minimum Gasteiger partial charge on any atom is -0.488 e. The van der Waals surface area contributed by atoms with Crippen LogP contribution in [0.1, 0.15) is 15.3 Å². The molecule has 0 fully saturated rings. The monoisotopic (exact) mass is 447 g/mol. The Kier molecular flexibility index (Phi) is 7.49. The molecule has 0 atom stereocenters. The van der Waals surface area contributed by atoms with E-state index in [1.54, 1.807) is 36.4 Å². The van der Waals surface area contributed by atoms with Crippen LogP contribution in [-0.4, -0.2) is 17.6 Å². The van der Waals surface area contributed by atoms with Gasteiger partial charge >= 0.3 is 12.1 Å². The first-order chi connectivity index (χ1) is 14.8. The summed E-state index contributed by atoms with van der Waals surface area (Å²) in [4.78, 5) is 10.3. The van der Waals surface area contributed by atoms with Crippen molar-refractivity contribution in [1.29, 1.82) is 0 Å². The van der Waals surface area contributed by atoms with Crippen molar-refractivity contribution in [1.82, 2.24) is 5.32 Å². The minimum absolute atomic E-state index is 0.0303. The quantitative estimate of drug-likeness (QED) is 0.324. The van der Waals surface area contributed by atoms with Crippen LogP contribution in [0.4, 0.5) is 13.2 Å². The highest BCUT2D eigenvalue weighted by Gasteiger charge is 2.34.